The van der Waals surface area contributed by atoms with E-state index in [-0.39, 0.29) is 51.9 Å². The standard InChI is InChI=1S/C46H34O11/c47-33-24-31-38(42-40(33)55-46(57-42,29-18-9-3-10-19-29)30-20-11-4-12-21-30)37-32(43(49)52-26-36-34(53-44(31)50)22-13-23-51-36)25-35-41(39(37)48)56-45(54-35,27-14-5-1-6-15-27)28-16-7-2-8-17-28/h1-12,14-21,24-25,34,36,47-48H,13,22-23,26H2/t34-,36+/m0/s1. The lowest BCUT2D eigenvalue weighted by Crippen LogP contribution is -2.41. The van der Waals surface area contributed by atoms with Gasteiger partial charge >= 0.3 is 23.5 Å². The summed E-state index contributed by atoms with van der Waals surface area (Å²) >= 11 is 0. The average molecular weight is 763 g/mol. The average Bonchev–Trinajstić information content (AvgIpc) is 3.87. The second kappa shape index (κ2) is 13.3. The molecule has 57 heavy (non-hydrogen) atoms. The highest BCUT2D eigenvalue weighted by Crippen LogP contribution is 2.62. The molecule has 2 N–H and O–H groups in total. The molecule has 6 aromatic rings. The number of aromatic hydroxyl groups is 2. The van der Waals surface area contributed by atoms with Crippen LogP contribution in [0.4, 0.5) is 0 Å². The molecule has 2 atom stereocenters. The number of fused-ring (bicyclic) bond motifs is 7. The molecule has 0 bridgehead atoms. The number of ether oxygens (including phenoxy) is 7. The van der Waals surface area contributed by atoms with Crippen molar-refractivity contribution in [3.63, 3.8) is 0 Å². The molecule has 0 spiro atoms. The van der Waals surface area contributed by atoms with Crippen LogP contribution in [-0.2, 0) is 25.8 Å². The fourth-order valence-electron chi connectivity index (χ4n) is 8.05. The number of benzene rings is 6. The van der Waals surface area contributed by atoms with Crippen molar-refractivity contribution >= 4 is 11.9 Å². The number of carbonyl (C=O) groups excluding carboxylic acids is 2. The predicted octanol–water partition coefficient (Wildman–Crippen LogP) is 7.98. The second-order valence-corrected chi connectivity index (χ2v) is 14.2. The first-order valence-electron chi connectivity index (χ1n) is 18.6. The highest BCUT2D eigenvalue weighted by molar-refractivity contribution is 6.09. The van der Waals surface area contributed by atoms with E-state index in [2.05, 4.69) is 0 Å². The molecule has 0 aliphatic carbocycles. The zero-order valence-electron chi connectivity index (χ0n) is 30.3. The highest BCUT2D eigenvalue weighted by atomic mass is 16.7. The Kier molecular flexibility index (Phi) is 8.08. The third-order valence-electron chi connectivity index (χ3n) is 10.7. The number of esters is 2. The maximum atomic E-state index is 14.5. The largest absolute Gasteiger partial charge is 0.504 e. The summed E-state index contributed by atoms with van der Waals surface area (Å²) in [6.07, 6.45) is -0.503. The fraction of sp³-hybridized carbons (Fsp3) is 0.174. The van der Waals surface area contributed by atoms with E-state index in [1.807, 2.05) is 121 Å². The van der Waals surface area contributed by atoms with Crippen molar-refractivity contribution < 1.29 is 53.0 Å². The Hall–Kier alpha value is -6.98. The van der Waals surface area contributed by atoms with Gasteiger partial charge in [0.05, 0.1) is 11.1 Å². The number of phenols is 2. The van der Waals surface area contributed by atoms with E-state index in [0.29, 0.717) is 41.7 Å². The molecule has 0 radical (unpaired) electrons. The van der Waals surface area contributed by atoms with Gasteiger partial charge in [-0.25, -0.2) is 9.59 Å². The van der Waals surface area contributed by atoms with Gasteiger partial charge in [-0.2, -0.15) is 0 Å². The third-order valence-corrected chi connectivity index (χ3v) is 10.7. The lowest BCUT2D eigenvalue weighted by molar-refractivity contribution is -0.104. The summed E-state index contributed by atoms with van der Waals surface area (Å²) in [4.78, 5) is 29.0. The highest BCUT2D eigenvalue weighted by Gasteiger charge is 2.52. The van der Waals surface area contributed by atoms with Gasteiger partial charge in [0.25, 0.3) is 0 Å². The van der Waals surface area contributed by atoms with Gasteiger partial charge in [0.15, 0.2) is 23.0 Å². The van der Waals surface area contributed by atoms with Crippen molar-refractivity contribution in [2.75, 3.05) is 13.2 Å². The van der Waals surface area contributed by atoms with E-state index in [1.54, 1.807) is 0 Å². The van der Waals surface area contributed by atoms with Crippen LogP contribution in [0.25, 0.3) is 11.1 Å². The summed E-state index contributed by atoms with van der Waals surface area (Å²) in [5.74, 6) is -6.31. The Morgan fingerprint density at radius 3 is 1.63 bits per heavy atom. The maximum absolute atomic E-state index is 14.5. The van der Waals surface area contributed by atoms with Crippen molar-refractivity contribution in [2.45, 2.75) is 36.6 Å². The zero-order valence-corrected chi connectivity index (χ0v) is 30.3. The molecule has 4 heterocycles. The molecule has 4 aliphatic heterocycles. The van der Waals surface area contributed by atoms with Gasteiger partial charge in [0, 0.05) is 40.0 Å². The first-order chi connectivity index (χ1) is 27.9. The van der Waals surface area contributed by atoms with Crippen LogP contribution < -0.4 is 18.9 Å². The number of phenolic OH excluding ortho intramolecular Hbond substituents is 2. The van der Waals surface area contributed by atoms with Crippen molar-refractivity contribution in [3.05, 3.63) is 167 Å². The Morgan fingerprint density at radius 2 is 1.05 bits per heavy atom. The fourth-order valence-corrected chi connectivity index (χ4v) is 8.05. The predicted molar refractivity (Wildman–Crippen MR) is 204 cm³/mol. The smallest absolute Gasteiger partial charge is 0.339 e. The van der Waals surface area contributed by atoms with Crippen LogP contribution in [-0.4, -0.2) is 47.6 Å². The van der Waals surface area contributed by atoms with E-state index >= 15 is 0 Å². The lowest BCUT2D eigenvalue weighted by atomic mass is 9.91. The molecule has 4 aliphatic rings. The Balaban J connectivity index is 1.24. The normalized spacial score (nSPS) is 19.9. The summed E-state index contributed by atoms with van der Waals surface area (Å²) in [5, 5.41) is 24.3. The van der Waals surface area contributed by atoms with Crippen molar-refractivity contribution in [1.29, 1.82) is 0 Å². The first-order valence-corrected chi connectivity index (χ1v) is 18.6. The Labute approximate surface area is 326 Å². The summed E-state index contributed by atoms with van der Waals surface area (Å²) < 4.78 is 44.8. The lowest BCUT2D eigenvalue weighted by Gasteiger charge is -2.30. The molecule has 0 saturated carbocycles. The quantitative estimate of drug-likeness (QED) is 0.169. The molecule has 284 valence electrons. The molecule has 0 unspecified atom stereocenters. The monoisotopic (exact) mass is 762 g/mol. The molecular weight excluding hydrogens is 728 g/mol. The maximum Gasteiger partial charge on any atom is 0.339 e. The van der Waals surface area contributed by atoms with Crippen LogP contribution in [0.2, 0.25) is 0 Å². The number of hydrogen-bond donors (Lipinski definition) is 2. The molecule has 0 amide bonds. The molecule has 1 saturated heterocycles. The molecule has 11 heteroatoms. The zero-order chi connectivity index (χ0) is 38.7. The van der Waals surface area contributed by atoms with Crippen molar-refractivity contribution in [3.8, 4) is 45.6 Å². The van der Waals surface area contributed by atoms with Crippen LogP contribution in [0.3, 0.4) is 0 Å². The van der Waals surface area contributed by atoms with Gasteiger partial charge in [-0.15, -0.1) is 0 Å². The van der Waals surface area contributed by atoms with Gasteiger partial charge < -0.3 is 43.4 Å². The summed E-state index contributed by atoms with van der Waals surface area (Å²) in [6, 6.07) is 39.2. The third kappa shape index (κ3) is 5.45. The van der Waals surface area contributed by atoms with Crippen molar-refractivity contribution in [2.24, 2.45) is 0 Å². The minimum absolute atomic E-state index is 0.0391. The molecule has 0 aromatic heterocycles. The number of carbonyl (C=O) groups is 2. The van der Waals surface area contributed by atoms with Crippen molar-refractivity contribution in [1.82, 2.24) is 0 Å². The summed E-state index contributed by atoms with van der Waals surface area (Å²) in [7, 11) is 0. The SMILES string of the molecule is O=C1OC[C@H]2OCCC[C@@H]2OC(=O)c2cc(O)c3c(c2-c2c1cc1c(c2O)OC(c2ccccc2)(c2ccccc2)O1)OC(c1ccccc1)(c1ccccc1)O3. The van der Waals surface area contributed by atoms with Crippen LogP contribution in [0, 0.1) is 0 Å². The molecule has 1 fully saturated rings. The first kappa shape index (κ1) is 34.5. The molecule has 10 rings (SSSR count). The second-order valence-electron chi connectivity index (χ2n) is 14.2. The minimum Gasteiger partial charge on any atom is -0.504 e. The topological polar surface area (TPSA) is 139 Å². The van der Waals surface area contributed by atoms with E-state index in [1.165, 1.54) is 12.1 Å². The van der Waals surface area contributed by atoms with Gasteiger partial charge in [-0.1, -0.05) is 121 Å². The van der Waals surface area contributed by atoms with Crippen LogP contribution in [0.15, 0.2) is 133 Å². The van der Waals surface area contributed by atoms with Crippen LogP contribution in [0.1, 0.15) is 55.8 Å². The van der Waals surface area contributed by atoms with E-state index < -0.39 is 47.2 Å². The van der Waals surface area contributed by atoms with E-state index in [9.17, 15) is 19.8 Å². The summed E-state index contributed by atoms with van der Waals surface area (Å²) in [5.41, 5.74) is 1.67. The van der Waals surface area contributed by atoms with Gasteiger partial charge in [0.1, 0.15) is 18.8 Å². The van der Waals surface area contributed by atoms with E-state index in [4.69, 9.17) is 33.2 Å². The number of rotatable bonds is 4. The van der Waals surface area contributed by atoms with Gasteiger partial charge in [-0.3, -0.25) is 0 Å². The van der Waals surface area contributed by atoms with Crippen LogP contribution in [0.5, 0.6) is 34.5 Å². The Bertz CT molecular complexity index is 2440. The number of hydrogen-bond acceptors (Lipinski definition) is 11. The summed E-state index contributed by atoms with van der Waals surface area (Å²) in [6.45, 7) is 0.137. The van der Waals surface area contributed by atoms with E-state index in [0.717, 1.165) is 0 Å². The Morgan fingerprint density at radius 1 is 0.544 bits per heavy atom. The molecular formula is C46H34O11. The molecule has 11 nitrogen and oxygen atoms in total. The molecule has 6 aromatic carbocycles. The number of cyclic esters (lactones) is 1. The minimum atomic E-state index is -1.68. The van der Waals surface area contributed by atoms with Gasteiger partial charge in [0.2, 0.25) is 11.5 Å². The van der Waals surface area contributed by atoms with Crippen LogP contribution >= 0.6 is 0 Å². The van der Waals surface area contributed by atoms with Gasteiger partial charge in [-0.05, 0) is 25.0 Å².